The fourth-order valence-corrected chi connectivity index (χ4v) is 3.55. The molecule has 0 atom stereocenters. The van der Waals surface area contributed by atoms with E-state index in [-0.39, 0.29) is 17.0 Å². The van der Waals surface area contributed by atoms with Crippen LogP contribution in [0.3, 0.4) is 0 Å². The summed E-state index contributed by atoms with van der Waals surface area (Å²) < 4.78 is 25.2. The number of hydrogen-bond donors (Lipinski definition) is 0. The van der Waals surface area contributed by atoms with Gasteiger partial charge < -0.3 is 14.1 Å². The van der Waals surface area contributed by atoms with Crippen LogP contribution in [0.15, 0.2) is 70.1 Å². The molecule has 1 aliphatic heterocycles. The number of para-hydroxylation sites is 1. The molecule has 0 spiro atoms. The topological polar surface area (TPSA) is 45.9 Å². The minimum Gasteiger partial charge on any atom is -0.482 e. The molecule has 5 nitrogen and oxygen atoms in total. The number of ether oxygens (including phenoxy) is 1. The zero-order chi connectivity index (χ0) is 20.9. The molecule has 1 aromatic heterocycles. The zero-order valence-electron chi connectivity index (χ0n) is 17.0. The van der Waals surface area contributed by atoms with Crippen LogP contribution in [0.25, 0.3) is 0 Å². The molecule has 2 aromatic carbocycles. The van der Waals surface area contributed by atoms with E-state index in [0.717, 1.165) is 31.7 Å². The monoisotopic (exact) mass is 408 g/mol. The van der Waals surface area contributed by atoms with E-state index < -0.39 is 0 Å². The summed E-state index contributed by atoms with van der Waals surface area (Å²) in [7, 11) is 0. The minimum atomic E-state index is -0.196. The highest BCUT2D eigenvalue weighted by molar-refractivity contribution is 5.48. The summed E-state index contributed by atoms with van der Waals surface area (Å²) in [5.41, 5.74) is 2.63. The predicted octanol–water partition coefficient (Wildman–Crippen LogP) is 3.99. The van der Waals surface area contributed by atoms with Crippen LogP contribution in [0.4, 0.5) is 10.1 Å². The molecule has 0 amide bonds. The molecule has 4 rings (SSSR count). The standard InChI is InChI=1S/C24H25FN2O3/c1-18-6-8-19(9-7-18)16-30-24-17-29-20(14-23(24)28)15-26-10-12-27(13-11-26)22-5-3-2-4-21(22)25/h2-9,14,17H,10-13,15-16H2,1H3. The molecule has 1 aliphatic rings. The Kier molecular flexibility index (Phi) is 6.14. The lowest BCUT2D eigenvalue weighted by Crippen LogP contribution is -2.46. The molecule has 3 aromatic rings. The highest BCUT2D eigenvalue weighted by Gasteiger charge is 2.20. The second-order valence-corrected chi connectivity index (χ2v) is 7.56. The van der Waals surface area contributed by atoms with Gasteiger partial charge in [0.25, 0.3) is 0 Å². The lowest BCUT2D eigenvalue weighted by molar-refractivity contribution is 0.224. The van der Waals surface area contributed by atoms with Crippen molar-refractivity contribution in [2.24, 2.45) is 0 Å². The summed E-state index contributed by atoms with van der Waals surface area (Å²) in [6, 6.07) is 16.3. The van der Waals surface area contributed by atoms with Crippen LogP contribution in [0.1, 0.15) is 16.9 Å². The molecule has 2 heterocycles. The number of halogens is 1. The van der Waals surface area contributed by atoms with Gasteiger partial charge in [0.15, 0.2) is 0 Å². The highest BCUT2D eigenvalue weighted by Crippen LogP contribution is 2.21. The summed E-state index contributed by atoms with van der Waals surface area (Å²) in [5.74, 6) is 0.615. The summed E-state index contributed by atoms with van der Waals surface area (Å²) in [6.07, 6.45) is 1.39. The molecule has 0 radical (unpaired) electrons. The molecule has 0 unspecified atom stereocenters. The van der Waals surface area contributed by atoms with Crippen LogP contribution in [-0.2, 0) is 13.2 Å². The Balaban J connectivity index is 1.31. The van der Waals surface area contributed by atoms with Gasteiger partial charge in [0.1, 0.15) is 24.4 Å². The van der Waals surface area contributed by atoms with Crippen molar-refractivity contribution in [2.75, 3.05) is 31.1 Å². The number of aryl methyl sites for hydroxylation is 1. The normalized spacial score (nSPS) is 14.7. The van der Waals surface area contributed by atoms with Crippen molar-refractivity contribution in [3.8, 4) is 5.75 Å². The van der Waals surface area contributed by atoms with Crippen molar-refractivity contribution in [2.45, 2.75) is 20.1 Å². The average molecular weight is 408 g/mol. The quantitative estimate of drug-likeness (QED) is 0.617. The van der Waals surface area contributed by atoms with E-state index in [1.807, 2.05) is 42.2 Å². The van der Waals surface area contributed by atoms with E-state index in [4.69, 9.17) is 9.15 Å². The largest absolute Gasteiger partial charge is 0.482 e. The lowest BCUT2D eigenvalue weighted by atomic mass is 10.2. The number of rotatable bonds is 6. The van der Waals surface area contributed by atoms with E-state index in [1.54, 1.807) is 12.1 Å². The van der Waals surface area contributed by atoms with Gasteiger partial charge in [0.2, 0.25) is 11.2 Å². The second kappa shape index (κ2) is 9.13. The maximum absolute atomic E-state index is 14.0. The Morgan fingerprint density at radius 3 is 2.47 bits per heavy atom. The van der Waals surface area contributed by atoms with Crippen LogP contribution in [0.2, 0.25) is 0 Å². The number of benzene rings is 2. The van der Waals surface area contributed by atoms with Crippen molar-refractivity contribution in [3.05, 3.63) is 93.8 Å². The van der Waals surface area contributed by atoms with Gasteiger partial charge in [0, 0.05) is 32.2 Å². The molecule has 156 valence electrons. The van der Waals surface area contributed by atoms with Crippen molar-refractivity contribution in [1.29, 1.82) is 0 Å². The molecule has 0 aliphatic carbocycles. The van der Waals surface area contributed by atoms with Crippen molar-refractivity contribution >= 4 is 5.69 Å². The van der Waals surface area contributed by atoms with Crippen molar-refractivity contribution in [3.63, 3.8) is 0 Å². The number of nitrogens with zero attached hydrogens (tertiary/aromatic N) is 2. The Morgan fingerprint density at radius 1 is 1.03 bits per heavy atom. The van der Waals surface area contributed by atoms with Gasteiger partial charge in [-0.15, -0.1) is 0 Å². The maximum Gasteiger partial charge on any atom is 0.227 e. The van der Waals surface area contributed by atoms with Crippen LogP contribution in [0, 0.1) is 12.7 Å². The van der Waals surface area contributed by atoms with Crippen LogP contribution >= 0.6 is 0 Å². The number of piperazine rings is 1. The first kappa shape index (κ1) is 20.2. The first-order valence-electron chi connectivity index (χ1n) is 10.1. The van der Waals surface area contributed by atoms with Gasteiger partial charge >= 0.3 is 0 Å². The summed E-state index contributed by atoms with van der Waals surface area (Å²) in [6.45, 7) is 5.87. The Bertz CT molecular complexity index is 1040. The predicted molar refractivity (Wildman–Crippen MR) is 114 cm³/mol. The summed E-state index contributed by atoms with van der Waals surface area (Å²) in [4.78, 5) is 16.6. The molecule has 0 saturated carbocycles. The van der Waals surface area contributed by atoms with E-state index in [0.29, 0.717) is 24.6 Å². The molecular formula is C24H25FN2O3. The van der Waals surface area contributed by atoms with E-state index >= 15 is 0 Å². The molecular weight excluding hydrogens is 383 g/mol. The van der Waals surface area contributed by atoms with E-state index in [1.165, 1.54) is 24.0 Å². The lowest BCUT2D eigenvalue weighted by Gasteiger charge is -2.35. The third kappa shape index (κ3) is 4.89. The first-order valence-corrected chi connectivity index (χ1v) is 10.1. The van der Waals surface area contributed by atoms with E-state index in [2.05, 4.69) is 4.90 Å². The van der Waals surface area contributed by atoms with Gasteiger partial charge in [-0.05, 0) is 24.6 Å². The third-order valence-electron chi connectivity index (χ3n) is 5.31. The molecule has 0 N–H and O–H groups in total. The minimum absolute atomic E-state index is 0.187. The highest BCUT2D eigenvalue weighted by atomic mass is 19.1. The van der Waals surface area contributed by atoms with Gasteiger partial charge in [-0.25, -0.2) is 4.39 Å². The van der Waals surface area contributed by atoms with E-state index in [9.17, 15) is 9.18 Å². The van der Waals surface area contributed by atoms with Crippen molar-refractivity contribution < 1.29 is 13.5 Å². The van der Waals surface area contributed by atoms with Gasteiger partial charge in [-0.3, -0.25) is 9.69 Å². The van der Waals surface area contributed by atoms with Gasteiger partial charge in [-0.1, -0.05) is 42.0 Å². The Hall–Kier alpha value is -3.12. The smallest absolute Gasteiger partial charge is 0.227 e. The van der Waals surface area contributed by atoms with Crippen LogP contribution < -0.4 is 15.1 Å². The summed E-state index contributed by atoms with van der Waals surface area (Å²) >= 11 is 0. The zero-order valence-corrected chi connectivity index (χ0v) is 17.0. The van der Waals surface area contributed by atoms with Crippen LogP contribution in [-0.4, -0.2) is 31.1 Å². The SMILES string of the molecule is Cc1ccc(COc2coc(CN3CCN(c4ccccc4F)CC3)cc2=O)cc1. The fourth-order valence-electron chi connectivity index (χ4n) is 3.55. The molecule has 1 fully saturated rings. The number of hydrogen-bond acceptors (Lipinski definition) is 5. The molecule has 0 bridgehead atoms. The first-order chi connectivity index (χ1) is 14.6. The molecule has 6 heteroatoms. The second-order valence-electron chi connectivity index (χ2n) is 7.56. The van der Waals surface area contributed by atoms with Gasteiger partial charge in [-0.2, -0.15) is 0 Å². The Morgan fingerprint density at radius 2 is 1.77 bits per heavy atom. The van der Waals surface area contributed by atoms with Crippen LogP contribution in [0.5, 0.6) is 5.75 Å². The fraction of sp³-hybridized carbons (Fsp3) is 0.292. The van der Waals surface area contributed by atoms with Crippen molar-refractivity contribution in [1.82, 2.24) is 4.90 Å². The third-order valence-corrected chi connectivity index (χ3v) is 5.31. The summed E-state index contributed by atoms with van der Waals surface area (Å²) in [5, 5.41) is 0. The number of anilines is 1. The van der Waals surface area contributed by atoms with Gasteiger partial charge in [0.05, 0.1) is 12.2 Å². The Labute approximate surface area is 175 Å². The maximum atomic E-state index is 14.0. The molecule has 1 saturated heterocycles. The molecule has 30 heavy (non-hydrogen) atoms. The average Bonchev–Trinajstić information content (AvgIpc) is 2.75.